The number of methoxy groups -OCH3 is 1. The summed E-state index contributed by atoms with van der Waals surface area (Å²) in [4.78, 5) is 28.7. The second-order valence-corrected chi connectivity index (χ2v) is 6.08. The maximum Gasteiger partial charge on any atom is 0.328 e. The maximum atomic E-state index is 12.6. The summed E-state index contributed by atoms with van der Waals surface area (Å²) in [5, 5.41) is 7.14. The van der Waals surface area contributed by atoms with Crippen LogP contribution in [0.15, 0.2) is 10.6 Å². The lowest BCUT2D eigenvalue weighted by molar-refractivity contribution is -0.142. The SMILES string of the molecule is COC(=O)C(CCSC)NC(=O)c1cc(C)nc2onc(C)c12. The van der Waals surface area contributed by atoms with E-state index in [0.29, 0.717) is 34.5 Å². The van der Waals surface area contributed by atoms with Crippen LogP contribution in [0.1, 0.15) is 28.2 Å². The van der Waals surface area contributed by atoms with Crippen molar-refractivity contribution in [3.63, 3.8) is 0 Å². The van der Waals surface area contributed by atoms with Gasteiger partial charge in [-0.05, 0) is 38.3 Å². The average Bonchev–Trinajstić information content (AvgIpc) is 2.90. The first-order chi connectivity index (χ1) is 11.0. The molecule has 1 amide bonds. The molecule has 1 N–H and O–H groups in total. The Morgan fingerprint density at radius 2 is 2.17 bits per heavy atom. The van der Waals surface area contributed by atoms with Crippen LogP contribution in [0.2, 0.25) is 0 Å². The lowest BCUT2D eigenvalue weighted by atomic mass is 10.1. The summed E-state index contributed by atoms with van der Waals surface area (Å²) in [6.45, 7) is 3.50. The number of hydrogen-bond donors (Lipinski definition) is 1. The summed E-state index contributed by atoms with van der Waals surface area (Å²) >= 11 is 1.60. The number of carbonyl (C=O) groups is 2. The quantitative estimate of drug-likeness (QED) is 0.804. The summed E-state index contributed by atoms with van der Waals surface area (Å²) < 4.78 is 9.88. The Morgan fingerprint density at radius 1 is 1.43 bits per heavy atom. The van der Waals surface area contributed by atoms with Gasteiger partial charge in [-0.15, -0.1) is 0 Å². The number of carbonyl (C=O) groups excluding carboxylic acids is 2. The largest absolute Gasteiger partial charge is 0.467 e. The third-order valence-corrected chi connectivity index (χ3v) is 4.04. The van der Waals surface area contributed by atoms with Crippen LogP contribution >= 0.6 is 11.8 Å². The fourth-order valence-corrected chi connectivity index (χ4v) is 2.73. The van der Waals surface area contributed by atoms with Crippen molar-refractivity contribution >= 4 is 34.7 Å². The van der Waals surface area contributed by atoms with Crippen LogP contribution < -0.4 is 5.32 Å². The Morgan fingerprint density at radius 3 is 2.83 bits per heavy atom. The Balaban J connectivity index is 2.32. The van der Waals surface area contributed by atoms with E-state index in [1.54, 1.807) is 31.7 Å². The van der Waals surface area contributed by atoms with Crippen molar-refractivity contribution in [3.8, 4) is 0 Å². The number of thioether (sulfide) groups is 1. The lowest BCUT2D eigenvalue weighted by Crippen LogP contribution is -2.42. The lowest BCUT2D eigenvalue weighted by Gasteiger charge is -2.16. The van der Waals surface area contributed by atoms with Crippen molar-refractivity contribution in [1.82, 2.24) is 15.5 Å². The van der Waals surface area contributed by atoms with E-state index in [0.717, 1.165) is 5.75 Å². The van der Waals surface area contributed by atoms with Crippen LogP contribution in [0, 0.1) is 13.8 Å². The molecular formula is C15H19N3O4S. The van der Waals surface area contributed by atoms with Crippen molar-refractivity contribution in [3.05, 3.63) is 23.0 Å². The number of fused-ring (bicyclic) bond motifs is 1. The molecular weight excluding hydrogens is 318 g/mol. The Hall–Kier alpha value is -2.09. The standard InChI is InChI=1S/C15H19N3O4S/c1-8-7-10(12-9(2)18-22-14(12)16-8)13(19)17-11(5-6-23-4)15(20)21-3/h7,11H,5-6H2,1-4H3,(H,17,19). The highest BCUT2D eigenvalue weighted by Gasteiger charge is 2.24. The molecule has 1 atom stereocenters. The van der Waals surface area contributed by atoms with E-state index in [1.165, 1.54) is 7.11 Å². The highest BCUT2D eigenvalue weighted by atomic mass is 32.2. The molecule has 0 saturated heterocycles. The summed E-state index contributed by atoms with van der Waals surface area (Å²) in [6, 6.07) is 0.966. The van der Waals surface area contributed by atoms with Gasteiger partial charge in [0.05, 0.1) is 23.8 Å². The molecule has 7 nitrogen and oxygen atoms in total. The van der Waals surface area contributed by atoms with Crippen molar-refractivity contribution in [1.29, 1.82) is 0 Å². The minimum Gasteiger partial charge on any atom is -0.467 e. The van der Waals surface area contributed by atoms with Gasteiger partial charge < -0.3 is 14.6 Å². The molecule has 0 radical (unpaired) electrons. The number of rotatable bonds is 6. The summed E-state index contributed by atoms with van der Waals surface area (Å²) in [6.07, 6.45) is 2.43. The zero-order valence-corrected chi connectivity index (χ0v) is 14.3. The van der Waals surface area contributed by atoms with Gasteiger partial charge in [0.25, 0.3) is 11.6 Å². The van der Waals surface area contributed by atoms with Crippen molar-refractivity contribution in [2.24, 2.45) is 0 Å². The van der Waals surface area contributed by atoms with Crippen LogP contribution in [0.5, 0.6) is 0 Å². The Bertz CT molecular complexity index is 729. The van der Waals surface area contributed by atoms with Gasteiger partial charge in [0.1, 0.15) is 6.04 Å². The summed E-state index contributed by atoms with van der Waals surface area (Å²) in [5.74, 6) is -0.100. The molecule has 0 bridgehead atoms. The summed E-state index contributed by atoms with van der Waals surface area (Å²) in [5.41, 5.74) is 1.92. The van der Waals surface area contributed by atoms with Gasteiger partial charge >= 0.3 is 5.97 Å². The van der Waals surface area contributed by atoms with E-state index < -0.39 is 12.0 Å². The first-order valence-corrected chi connectivity index (χ1v) is 8.48. The van der Waals surface area contributed by atoms with Crippen LogP contribution in [0.25, 0.3) is 11.1 Å². The van der Waals surface area contributed by atoms with Gasteiger partial charge in [0.2, 0.25) is 0 Å². The predicted molar refractivity (Wildman–Crippen MR) is 87.5 cm³/mol. The Labute approximate surface area is 138 Å². The zero-order valence-electron chi connectivity index (χ0n) is 13.5. The number of esters is 1. The molecule has 2 aromatic heterocycles. The van der Waals surface area contributed by atoms with Crippen LogP contribution in [0.3, 0.4) is 0 Å². The van der Waals surface area contributed by atoms with E-state index in [2.05, 4.69) is 15.5 Å². The van der Waals surface area contributed by atoms with E-state index in [4.69, 9.17) is 9.26 Å². The zero-order chi connectivity index (χ0) is 17.0. The first-order valence-electron chi connectivity index (χ1n) is 7.09. The summed E-state index contributed by atoms with van der Waals surface area (Å²) in [7, 11) is 1.31. The van der Waals surface area contributed by atoms with E-state index in [9.17, 15) is 9.59 Å². The third kappa shape index (κ3) is 3.82. The monoisotopic (exact) mass is 337 g/mol. The highest BCUT2D eigenvalue weighted by Crippen LogP contribution is 2.22. The van der Waals surface area contributed by atoms with Crippen molar-refractivity contribution in [2.45, 2.75) is 26.3 Å². The first kappa shape index (κ1) is 17.3. The molecule has 1 unspecified atom stereocenters. The van der Waals surface area contributed by atoms with Gasteiger partial charge in [0, 0.05) is 5.69 Å². The molecule has 8 heteroatoms. The Kier molecular flexibility index (Phi) is 5.59. The number of aromatic nitrogens is 2. The third-order valence-electron chi connectivity index (χ3n) is 3.39. The number of amides is 1. The molecule has 0 saturated carbocycles. The number of nitrogens with one attached hydrogen (secondary N) is 1. The highest BCUT2D eigenvalue weighted by molar-refractivity contribution is 7.98. The number of aryl methyl sites for hydroxylation is 2. The van der Waals surface area contributed by atoms with E-state index in [1.807, 2.05) is 6.26 Å². The molecule has 2 heterocycles. The van der Waals surface area contributed by atoms with Gasteiger partial charge in [-0.3, -0.25) is 4.79 Å². The fraction of sp³-hybridized carbons (Fsp3) is 0.467. The normalized spacial score (nSPS) is 12.2. The number of hydrogen-bond acceptors (Lipinski definition) is 7. The van der Waals surface area contributed by atoms with Crippen LogP contribution in [0.4, 0.5) is 0 Å². The van der Waals surface area contributed by atoms with Gasteiger partial charge in [-0.25, -0.2) is 9.78 Å². The van der Waals surface area contributed by atoms with Gasteiger partial charge in [0.15, 0.2) is 0 Å². The van der Waals surface area contributed by atoms with Gasteiger partial charge in [-0.1, -0.05) is 5.16 Å². The van der Waals surface area contributed by atoms with E-state index >= 15 is 0 Å². The maximum absolute atomic E-state index is 12.6. The molecule has 0 spiro atoms. The minimum absolute atomic E-state index is 0.311. The number of nitrogens with zero attached hydrogens (tertiary/aromatic N) is 2. The minimum atomic E-state index is -0.691. The van der Waals surface area contributed by atoms with E-state index in [-0.39, 0.29) is 5.91 Å². The topological polar surface area (TPSA) is 94.3 Å². The fourth-order valence-electron chi connectivity index (χ4n) is 2.26. The molecule has 2 aromatic rings. The molecule has 0 fully saturated rings. The molecule has 0 aromatic carbocycles. The molecule has 23 heavy (non-hydrogen) atoms. The molecule has 0 aliphatic carbocycles. The predicted octanol–water partition coefficient (Wildman–Crippen LogP) is 1.86. The number of pyridine rings is 1. The van der Waals surface area contributed by atoms with Gasteiger partial charge in [-0.2, -0.15) is 11.8 Å². The molecule has 2 rings (SSSR count). The second-order valence-electron chi connectivity index (χ2n) is 5.09. The second kappa shape index (κ2) is 7.45. The van der Waals surface area contributed by atoms with Crippen molar-refractivity contribution in [2.75, 3.05) is 19.1 Å². The molecule has 124 valence electrons. The molecule has 0 aliphatic rings. The number of ether oxygens (including phenoxy) is 1. The smallest absolute Gasteiger partial charge is 0.328 e. The average molecular weight is 337 g/mol. The molecule has 0 aliphatic heterocycles. The van der Waals surface area contributed by atoms with Crippen LogP contribution in [-0.2, 0) is 9.53 Å². The van der Waals surface area contributed by atoms with Crippen LogP contribution in [-0.4, -0.2) is 47.2 Å². The van der Waals surface area contributed by atoms with Crippen molar-refractivity contribution < 1.29 is 18.8 Å².